The number of hydrogen-bond donors (Lipinski definition) is 0. The van der Waals surface area contributed by atoms with Gasteiger partial charge < -0.3 is 4.79 Å². The molecule has 0 aliphatic heterocycles. The van der Waals surface area contributed by atoms with Gasteiger partial charge >= 0.3 is 0 Å². The minimum atomic E-state index is 0.183. The average Bonchev–Trinajstić information content (AvgIpc) is 2.15. The molecule has 0 aliphatic rings. The molecule has 0 bridgehead atoms. The molecule has 0 spiro atoms. The fraction of sp³-hybridized carbons (Fsp3) is 0.846. The lowest BCUT2D eigenvalue weighted by atomic mass is 10.0. The van der Waals surface area contributed by atoms with Crippen molar-refractivity contribution in [2.45, 2.75) is 65.7 Å². The number of Topliss-reactive ketones (excluding diaryl/α,β-unsaturated/α-hetero) is 2. The number of ketones is 2. The van der Waals surface area contributed by atoms with Gasteiger partial charge in [-0.25, -0.2) is 0 Å². The van der Waals surface area contributed by atoms with E-state index < -0.39 is 0 Å². The molecule has 0 saturated carbocycles. The van der Waals surface area contributed by atoms with E-state index in [9.17, 15) is 9.59 Å². The van der Waals surface area contributed by atoms with Gasteiger partial charge in [-0.15, -0.1) is 0 Å². The van der Waals surface area contributed by atoms with Crippen molar-refractivity contribution < 1.29 is 9.59 Å². The molecule has 0 fully saturated rings. The normalized spacial score (nSPS) is 10.7. The average molecular weight is 212 g/mol. The summed E-state index contributed by atoms with van der Waals surface area (Å²) in [7, 11) is 0. The largest absolute Gasteiger partial charge is 0.300 e. The Morgan fingerprint density at radius 3 is 1.80 bits per heavy atom. The van der Waals surface area contributed by atoms with Crippen LogP contribution in [0.1, 0.15) is 65.7 Å². The van der Waals surface area contributed by atoms with Crippen LogP contribution in [0.25, 0.3) is 0 Å². The van der Waals surface area contributed by atoms with Crippen molar-refractivity contribution in [3.63, 3.8) is 0 Å². The van der Waals surface area contributed by atoms with E-state index in [2.05, 4.69) is 0 Å². The van der Waals surface area contributed by atoms with Gasteiger partial charge in [0.2, 0.25) is 0 Å². The van der Waals surface area contributed by atoms with E-state index in [1.807, 2.05) is 13.8 Å². The Kier molecular flexibility index (Phi) is 8.25. The first kappa shape index (κ1) is 14.3. The molecule has 0 heterocycles. The van der Waals surface area contributed by atoms with Gasteiger partial charge in [-0.1, -0.05) is 33.1 Å². The van der Waals surface area contributed by atoms with Crippen LogP contribution in [0.15, 0.2) is 0 Å². The van der Waals surface area contributed by atoms with Crippen LogP contribution in [-0.2, 0) is 9.59 Å². The maximum Gasteiger partial charge on any atom is 0.135 e. The van der Waals surface area contributed by atoms with Gasteiger partial charge in [-0.3, -0.25) is 4.79 Å². The van der Waals surface area contributed by atoms with Gasteiger partial charge in [0.15, 0.2) is 0 Å². The zero-order valence-electron chi connectivity index (χ0n) is 10.3. The van der Waals surface area contributed by atoms with Crippen LogP contribution in [0, 0.1) is 5.92 Å². The highest BCUT2D eigenvalue weighted by atomic mass is 16.1. The molecule has 15 heavy (non-hydrogen) atoms. The van der Waals surface area contributed by atoms with Crippen LogP contribution >= 0.6 is 0 Å². The second kappa shape index (κ2) is 8.63. The van der Waals surface area contributed by atoms with E-state index in [1.165, 1.54) is 0 Å². The predicted octanol–water partition coefficient (Wildman–Crippen LogP) is 3.53. The van der Waals surface area contributed by atoms with E-state index in [0.29, 0.717) is 12.2 Å². The van der Waals surface area contributed by atoms with Crippen molar-refractivity contribution >= 4 is 11.6 Å². The molecule has 0 atom stereocenters. The molecule has 0 aromatic carbocycles. The fourth-order valence-corrected chi connectivity index (χ4v) is 1.49. The van der Waals surface area contributed by atoms with Crippen LogP contribution in [-0.4, -0.2) is 11.6 Å². The van der Waals surface area contributed by atoms with E-state index >= 15 is 0 Å². The van der Waals surface area contributed by atoms with Crippen molar-refractivity contribution in [3.8, 4) is 0 Å². The third kappa shape index (κ3) is 9.64. The molecule has 0 amide bonds. The molecular formula is C13H24O2. The maximum absolute atomic E-state index is 11.3. The minimum Gasteiger partial charge on any atom is -0.300 e. The van der Waals surface area contributed by atoms with E-state index in [1.54, 1.807) is 6.92 Å². The molecule has 0 aliphatic carbocycles. The first-order valence-electron chi connectivity index (χ1n) is 6.06. The summed E-state index contributed by atoms with van der Waals surface area (Å²) in [5.74, 6) is 0.839. The Hall–Kier alpha value is -0.660. The number of hydrogen-bond acceptors (Lipinski definition) is 2. The summed E-state index contributed by atoms with van der Waals surface area (Å²) >= 11 is 0. The SMILES string of the molecule is CC(=O)CCCCCCCC(=O)C(C)C. The summed E-state index contributed by atoms with van der Waals surface area (Å²) in [5, 5.41) is 0. The summed E-state index contributed by atoms with van der Waals surface area (Å²) in [6.07, 6.45) is 6.85. The third-order valence-electron chi connectivity index (χ3n) is 2.60. The van der Waals surface area contributed by atoms with E-state index in [-0.39, 0.29) is 11.7 Å². The van der Waals surface area contributed by atoms with Crippen molar-refractivity contribution in [1.82, 2.24) is 0 Å². The van der Waals surface area contributed by atoms with Gasteiger partial charge in [0.1, 0.15) is 11.6 Å². The number of carbonyl (C=O) groups is 2. The van der Waals surface area contributed by atoms with Crippen molar-refractivity contribution in [2.75, 3.05) is 0 Å². The van der Waals surface area contributed by atoms with Gasteiger partial charge in [-0.05, 0) is 19.8 Å². The maximum atomic E-state index is 11.3. The highest BCUT2D eigenvalue weighted by Crippen LogP contribution is 2.09. The zero-order valence-corrected chi connectivity index (χ0v) is 10.3. The zero-order chi connectivity index (χ0) is 11.7. The molecule has 0 aromatic rings. The van der Waals surface area contributed by atoms with Gasteiger partial charge in [0, 0.05) is 18.8 Å². The quantitative estimate of drug-likeness (QED) is 0.548. The summed E-state index contributed by atoms with van der Waals surface area (Å²) in [4.78, 5) is 21.9. The third-order valence-corrected chi connectivity index (χ3v) is 2.60. The lowest BCUT2D eigenvalue weighted by molar-refractivity contribution is -0.122. The Morgan fingerprint density at radius 2 is 1.33 bits per heavy atom. The molecule has 2 nitrogen and oxygen atoms in total. The highest BCUT2D eigenvalue weighted by molar-refractivity contribution is 5.80. The van der Waals surface area contributed by atoms with Crippen LogP contribution < -0.4 is 0 Å². The second-order valence-electron chi connectivity index (χ2n) is 4.59. The van der Waals surface area contributed by atoms with Crippen LogP contribution in [0.3, 0.4) is 0 Å². The standard InChI is InChI=1S/C13H24O2/c1-11(2)13(15)10-8-6-4-5-7-9-12(3)14/h11H,4-10H2,1-3H3. The molecule has 0 N–H and O–H groups in total. The highest BCUT2D eigenvalue weighted by Gasteiger charge is 2.05. The number of rotatable bonds is 9. The van der Waals surface area contributed by atoms with Gasteiger partial charge in [0.05, 0.1) is 0 Å². The topological polar surface area (TPSA) is 34.1 Å². The lowest BCUT2D eigenvalue weighted by Gasteiger charge is -2.03. The Morgan fingerprint density at radius 1 is 0.867 bits per heavy atom. The first-order chi connectivity index (χ1) is 7.04. The molecule has 0 saturated heterocycles. The first-order valence-corrected chi connectivity index (χ1v) is 6.06. The van der Waals surface area contributed by atoms with Gasteiger partial charge in [0.25, 0.3) is 0 Å². The molecular weight excluding hydrogens is 188 g/mol. The van der Waals surface area contributed by atoms with Crippen molar-refractivity contribution in [3.05, 3.63) is 0 Å². The lowest BCUT2D eigenvalue weighted by Crippen LogP contribution is -2.05. The number of carbonyl (C=O) groups excluding carboxylic acids is 2. The fourth-order valence-electron chi connectivity index (χ4n) is 1.49. The summed E-state index contributed by atoms with van der Waals surface area (Å²) in [5.41, 5.74) is 0. The summed E-state index contributed by atoms with van der Waals surface area (Å²) in [6, 6.07) is 0. The van der Waals surface area contributed by atoms with Crippen LogP contribution in [0.2, 0.25) is 0 Å². The van der Waals surface area contributed by atoms with E-state index in [4.69, 9.17) is 0 Å². The van der Waals surface area contributed by atoms with Crippen molar-refractivity contribution in [1.29, 1.82) is 0 Å². The summed E-state index contributed by atoms with van der Waals surface area (Å²) < 4.78 is 0. The van der Waals surface area contributed by atoms with Crippen LogP contribution in [0.5, 0.6) is 0 Å². The summed E-state index contributed by atoms with van der Waals surface area (Å²) in [6.45, 7) is 5.55. The molecule has 0 radical (unpaired) electrons. The van der Waals surface area contributed by atoms with Gasteiger partial charge in [-0.2, -0.15) is 0 Å². The monoisotopic (exact) mass is 212 g/mol. The smallest absolute Gasteiger partial charge is 0.135 e. The van der Waals surface area contributed by atoms with Crippen LogP contribution in [0.4, 0.5) is 0 Å². The van der Waals surface area contributed by atoms with E-state index in [0.717, 1.165) is 38.5 Å². The molecule has 88 valence electrons. The number of unbranched alkanes of at least 4 members (excludes halogenated alkanes) is 4. The van der Waals surface area contributed by atoms with Crippen molar-refractivity contribution in [2.24, 2.45) is 5.92 Å². The predicted molar refractivity (Wildman–Crippen MR) is 62.8 cm³/mol. The molecule has 2 heteroatoms. The molecule has 0 rings (SSSR count). The minimum absolute atomic E-state index is 0.183. The Labute approximate surface area is 93.4 Å². The Bertz CT molecular complexity index is 195. The Balaban J connectivity index is 3.18. The molecule has 0 unspecified atom stereocenters. The molecule has 0 aromatic heterocycles. The second-order valence-corrected chi connectivity index (χ2v) is 4.59.